The predicted octanol–water partition coefficient (Wildman–Crippen LogP) is 4.13. The third-order valence-corrected chi connectivity index (χ3v) is 4.23. The van der Waals surface area contributed by atoms with Gasteiger partial charge in [0.15, 0.2) is 0 Å². The molecule has 6 nitrogen and oxygen atoms in total. The van der Waals surface area contributed by atoms with E-state index in [1.54, 1.807) is 6.92 Å². The molecule has 7 heteroatoms. The summed E-state index contributed by atoms with van der Waals surface area (Å²) >= 11 is 5.72. The molecule has 0 aliphatic carbocycles. The molecular weight excluding hydrogens is 368 g/mol. The third kappa shape index (κ3) is 4.06. The summed E-state index contributed by atoms with van der Waals surface area (Å²) in [6, 6.07) is 10.5. The van der Waals surface area contributed by atoms with Crippen LogP contribution in [0.5, 0.6) is 0 Å². The minimum Gasteiger partial charge on any atom is -0.462 e. The van der Waals surface area contributed by atoms with Gasteiger partial charge in [-0.2, -0.15) is 0 Å². The first-order chi connectivity index (χ1) is 13.0. The third-order valence-electron chi connectivity index (χ3n) is 4.01. The molecule has 0 aliphatic rings. The fourth-order valence-electron chi connectivity index (χ4n) is 2.73. The summed E-state index contributed by atoms with van der Waals surface area (Å²) in [5.41, 5.74) is 2.37. The number of ether oxygens (including phenoxy) is 2. The Morgan fingerprint density at radius 1 is 1.07 bits per heavy atom. The molecule has 3 aromatic rings. The Morgan fingerprint density at radius 3 is 2.56 bits per heavy atom. The van der Waals surface area contributed by atoms with E-state index in [1.807, 2.05) is 31.2 Å². The molecule has 0 spiro atoms. The number of benzene rings is 1. The van der Waals surface area contributed by atoms with Gasteiger partial charge in [0, 0.05) is 11.6 Å². The number of para-hydroxylation sites is 1. The van der Waals surface area contributed by atoms with Gasteiger partial charge in [-0.15, -0.1) is 0 Å². The van der Waals surface area contributed by atoms with Crippen LogP contribution >= 0.6 is 11.6 Å². The summed E-state index contributed by atoms with van der Waals surface area (Å²) in [6.45, 7) is 3.63. The highest BCUT2D eigenvalue weighted by Gasteiger charge is 2.21. The van der Waals surface area contributed by atoms with Crippen LogP contribution in [0.4, 0.5) is 0 Å². The summed E-state index contributed by atoms with van der Waals surface area (Å²) in [6.07, 6.45) is 1.33. The minimum atomic E-state index is -0.582. The average molecular weight is 385 g/mol. The smallest absolute Gasteiger partial charge is 0.340 e. The van der Waals surface area contributed by atoms with Gasteiger partial charge in [0.25, 0.3) is 0 Å². The number of carbonyl (C=O) groups is 2. The second-order valence-electron chi connectivity index (χ2n) is 5.74. The molecule has 138 valence electrons. The van der Waals surface area contributed by atoms with Crippen LogP contribution in [-0.2, 0) is 16.1 Å². The van der Waals surface area contributed by atoms with E-state index in [1.165, 1.54) is 18.3 Å². The van der Waals surface area contributed by atoms with E-state index >= 15 is 0 Å². The van der Waals surface area contributed by atoms with Gasteiger partial charge >= 0.3 is 11.9 Å². The average Bonchev–Trinajstić information content (AvgIpc) is 2.67. The van der Waals surface area contributed by atoms with E-state index in [9.17, 15) is 9.59 Å². The lowest BCUT2D eigenvalue weighted by Gasteiger charge is -2.14. The first-order valence-electron chi connectivity index (χ1n) is 8.35. The van der Waals surface area contributed by atoms with Crippen molar-refractivity contribution < 1.29 is 19.1 Å². The van der Waals surface area contributed by atoms with Crippen LogP contribution in [-0.4, -0.2) is 28.5 Å². The molecule has 0 radical (unpaired) electrons. The van der Waals surface area contributed by atoms with Crippen LogP contribution in [0, 0.1) is 6.92 Å². The van der Waals surface area contributed by atoms with Gasteiger partial charge < -0.3 is 9.47 Å². The second-order valence-corrected chi connectivity index (χ2v) is 6.13. The standard InChI is InChI=1S/C20H17ClN2O4/c1-3-26-20(25)18-12(2)14-6-4-5-7-15(14)23-16(18)11-27-19(24)13-8-9-17(21)22-10-13/h4-10H,3,11H2,1-2H3. The molecule has 0 saturated heterocycles. The molecule has 0 amide bonds. The zero-order valence-electron chi connectivity index (χ0n) is 14.9. The molecule has 0 fully saturated rings. The van der Waals surface area contributed by atoms with E-state index in [2.05, 4.69) is 9.97 Å². The Balaban J connectivity index is 1.94. The first kappa shape index (κ1) is 18.8. The number of esters is 2. The Hall–Kier alpha value is -2.99. The Labute approximate surface area is 161 Å². The molecule has 0 unspecified atom stereocenters. The monoisotopic (exact) mass is 384 g/mol. The van der Waals surface area contributed by atoms with Gasteiger partial charge in [0.2, 0.25) is 0 Å². The Kier molecular flexibility index (Phi) is 5.66. The van der Waals surface area contributed by atoms with E-state index < -0.39 is 11.9 Å². The summed E-state index contributed by atoms with van der Waals surface area (Å²) in [5.74, 6) is -1.07. The lowest BCUT2D eigenvalue weighted by atomic mass is 10.0. The molecule has 0 atom stereocenters. The van der Waals surface area contributed by atoms with Crippen molar-refractivity contribution in [1.29, 1.82) is 0 Å². The van der Waals surface area contributed by atoms with Crippen LogP contribution in [0.15, 0.2) is 42.6 Å². The van der Waals surface area contributed by atoms with Gasteiger partial charge in [-0.1, -0.05) is 29.8 Å². The molecule has 1 aromatic carbocycles. The minimum absolute atomic E-state index is 0.165. The number of halogens is 1. The van der Waals surface area contributed by atoms with Crippen LogP contribution in [0.25, 0.3) is 10.9 Å². The van der Waals surface area contributed by atoms with Crippen molar-refractivity contribution in [3.05, 3.63) is 70.1 Å². The molecule has 3 rings (SSSR count). The molecule has 27 heavy (non-hydrogen) atoms. The maximum atomic E-state index is 12.5. The molecule has 0 saturated carbocycles. The quantitative estimate of drug-likeness (QED) is 0.486. The number of pyridine rings is 2. The summed E-state index contributed by atoms with van der Waals surface area (Å²) < 4.78 is 10.5. The van der Waals surface area contributed by atoms with Crippen LogP contribution in [0.1, 0.15) is 38.9 Å². The maximum Gasteiger partial charge on any atom is 0.340 e. The van der Waals surface area contributed by atoms with Crippen LogP contribution < -0.4 is 0 Å². The molecule has 2 aromatic heterocycles. The van der Waals surface area contributed by atoms with E-state index in [4.69, 9.17) is 21.1 Å². The van der Waals surface area contributed by atoms with Gasteiger partial charge in [-0.05, 0) is 37.6 Å². The van der Waals surface area contributed by atoms with Crippen molar-refractivity contribution in [2.75, 3.05) is 6.61 Å². The predicted molar refractivity (Wildman–Crippen MR) is 101 cm³/mol. The highest BCUT2D eigenvalue weighted by molar-refractivity contribution is 6.29. The number of hydrogen-bond donors (Lipinski definition) is 0. The summed E-state index contributed by atoms with van der Waals surface area (Å²) in [7, 11) is 0. The van der Waals surface area contributed by atoms with Crippen molar-refractivity contribution in [1.82, 2.24) is 9.97 Å². The number of hydrogen-bond acceptors (Lipinski definition) is 6. The normalized spacial score (nSPS) is 10.6. The van der Waals surface area contributed by atoms with E-state index in [0.29, 0.717) is 16.8 Å². The van der Waals surface area contributed by atoms with Crippen molar-refractivity contribution >= 4 is 34.4 Å². The molecule has 0 aliphatic heterocycles. The Morgan fingerprint density at radius 2 is 1.85 bits per heavy atom. The lowest BCUT2D eigenvalue weighted by molar-refractivity contribution is 0.0444. The van der Waals surface area contributed by atoms with Crippen LogP contribution in [0.3, 0.4) is 0 Å². The first-order valence-corrected chi connectivity index (χ1v) is 8.73. The number of aromatic nitrogens is 2. The zero-order valence-corrected chi connectivity index (χ0v) is 15.6. The largest absolute Gasteiger partial charge is 0.462 e. The van der Waals surface area contributed by atoms with E-state index in [-0.39, 0.29) is 23.9 Å². The number of aryl methyl sites for hydroxylation is 1. The second kappa shape index (κ2) is 8.14. The zero-order chi connectivity index (χ0) is 19.4. The molecule has 0 bridgehead atoms. The number of fused-ring (bicyclic) bond motifs is 1. The fraction of sp³-hybridized carbons (Fsp3) is 0.200. The van der Waals surface area contributed by atoms with E-state index in [0.717, 1.165) is 10.9 Å². The van der Waals surface area contributed by atoms with Crippen molar-refractivity contribution in [2.45, 2.75) is 20.5 Å². The number of carbonyl (C=O) groups excluding carboxylic acids is 2. The lowest BCUT2D eigenvalue weighted by Crippen LogP contribution is -2.15. The van der Waals surface area contributed by atoms with Gasteiger partial charge in [-0.3, -0.25) is 0 Å². The van der Waals surface area contributed by atoms with Crippen LogP contribution in [0.2, 0.25) is 5.15 Å². The fourth-order valence-corrected chi connectivity index (χ4v) is 2.84. The molecule has 0 N–H and O–H groups in total. The maximum absolute atomic E-state index is 12.5. The van der Waals surface area contributed by atoms with Gasteiger partial charge in [-0.25, -0.2) is 19.6 Å². The van der Waals surface area contributed by atoms with Gasteiger partial charge in [0.05, 0.1) is 28.9 Å². The topological polar surface area (TPSA) is 78.4 Å². The summed E-state index contributed by atoms with van der Waals surface area (Å²) in [4.78, 5) is 33.0. The number of nitrogens with zero attached hydrogens (tertiary/aromatic N) is 2. The highest BCUT2D eigenvalue weighted by atomic mass is 35.5. The summed E-state index contributed by atoms with van der Waals surface area (Å²) in [5, 5.41) is 1.13. The SMILES string of the molecule is CCOC(=O)c1c(COC(=O)c2ccc(Cl)nc2)nc2ccccc2c1C. The van der Waals surface area contributed by atoms with Crippen molar-refractivity contribution in [3.8, 4) is 0 Å². The molecule has 2 heterocycles. The Bertz CT molecular complexity index is 1000. The molecular formula is C20H17ClN2O4. The van der Waals surface area contributed by atoms with Crippen molar-refractivity contribution in [2.24, 2.45) is 0 Å². The van der Waals surface area contributed by atoms with Crippen molar-refractivity contribution in [3.63, 3.8) is 0 Å². The highest BCUT2D eigenvalue weighted by Crippen LogP contribution is 2.24. The number of rotatable bonds is 5. The van der Waals surface area contributed by atoms with Gasteiger partial charge in [0.1, 0.15) is 11.8 Å².